The lowest BCUT2D eigenvalue weighted by atomic mass is 9.87. The summed E-state index contributed by atoms with van der Waals surface area (Å²) in [6, 6.07) is 18.3. The number of hydrogen-bond acceptors (Lipinski definition) is 2. The van der Waals surface area contributed by atoms with Gasteiger partial charge in [-0.05, 0) is 37.1 Å². The maximum absolute atomic E-state index is 6.02. The Balaban J connectivity index is 0.00000208. The number of rotatable bonds is 7. The lowest BCUT2D eigenvalue weighted by Crippen LogP contribution is -2.19. The zero-order valence-electron chi connectivity index (χ0n) is 14.2. The minimum absolute atomic E-state index is 0. The molecular weight excluding hydrogens is 318 g/mol. The van der Waals surface area contributed by atoms with Gasteiger partial charge in [0.1, 0.15) is 11.5 Å². The van der Waals surface area contributed by atoms with Crippen molar-refractivity contribution in [3.8, 4) is 11.5 Å². The molecule has 2 nitrogen and oxygen atoms in total. The van der Waals surface area contributed by atoms with Crippen molar-refractivity contribution in [1.29, 1.82) is 0 Å². The first kappa shape index (κ1) is 18.8. The van der Waals surface area contributed by atoms with Crippen molar-refractivity contribution in [3.63, 3.8) is 0 Å². The van der Waals surface area contributed by atoms with Crippen LogP contribution >= 0.6 is 12.4 Å². The summed E-state index contributed by atoms with van der Waals surface area (Å²) >= 11 is 0. The van der Waals surface area contributed by atoms with E-state index >= 15 is 0 Å². The van der Waals surface area contributed by atoms with Crippen LogP contribution in [0.4, 0.5) is 0 Å². The van der Waals surface area contributed by atoms with Crippen molar-refractivity contribution in [3.05, 3.63) is 60.2 Å². The van der Waals surface area contributed by atoms with E-state index in [0.29, 0.717) is 0 Å². The van der Waals surface area contributed by atoms with Crippen LogP contribution in [0.15, 0.2) is 54.6 Å². The Kier molecular flexibility index (Phi) is 8.14. The van der Waals surface area contributed by atoms with Crippen molar-refractivity contribution >= 4 is 12.4 Å². The Hall–Kier alpha value is -1.51. The number of ether oxygens (including phenoxy) is 1. The highest BCUT2D eigenvalue weighted by molar-refractivity contribution is 5.85. The Morgan fingerprint density at radius 1 is 0.875 bits per heavy atom. The van der Waals surface area contributed by atoms with Crippen LogP contribution in [-0.2, 0) is 6.54 Å². The van der Waals surface area contributed by atoms with Gasteiger partial charge in [-0.3, -0.25) is 0 Å². The number of nitrogens with one attached hydrogen (secondary N) is 1. The zero-order valence-corrected chi connectivity index (χ0v) is 15.1. The molecule has 0 unspecified atom stereocenters. The van der Waals surface area contributed by atoms with E-state index in [2.05, 4.69) is 17.4 Å². The molecule has 1 fully saturated rings. The monoisotopic (exact) mass is 345 g/mol. The van der Waals surface area contributed by atoms with E-state index in [1.54, 1.807) is 0 Å². The van der Waals surface area contributed by atoms with Gasteiger partial charge in [-0.1, -0.05) is 68.5 Å². The van der Waals surface area contributed by atoms with Crippen molar-refractivity contribution < 1.29 is 4.74 Å². The van der Waals surface area contributed by atoms with E-state index in [1.807, 2.05) is 42.5 Å². The predicted molar refractivity (Wildman–Crippen MR) is 103 cm³/mol. The minimum Gasteiger partial charge on any atom is -0.457 e. The van der Waals surface area contributed by atoms with Gasteiger partial charge in [-0.15, -0.1) is 12.4 Å². The molecule has 1 saturated carbocycles. The first-order valence-corrected chi connectivity index (χ1v) is 8.93. The molecule has 0 amide bonds. The minimum atomic E-state index is 0. The molecule has 130 valence electrons. The number of hydrogen-bond donors (Lipinski definition) is 1. The van der Waals surface area contributed by atoms with E-state index in [0.717, 1.165) is 30.5 Å². The summed E-state index contributed by atoms with van der Waals surface area (Å²) in [6.45, 7) is 1.97. The lowest BCUT2D eigenvalue weighted by Gasteiger charge is -2.21. The van der Waals surface area contributed by atoms with E-state index < -0.39 is 0 Å². The van der Waals surface area contributed by atoms with Crippen LogP contribution in [0.25, 0.3) is 0 Å². The van der Waals surface area contributed by atoms with E-state index in [4.69, 9.17) is 4.74 Å². The van der Waals surface area contributed by atoms with Crippen LogP contribution in [-0.4, -0.2) is 6.54 Å². The normalized spacial score (nSPS) is 14.8. The average molecular weight is 346 g/mol. The first-order valence-electron chi connectivity index (χ1n) is 8.93. The molecule has 3 rings (SSSR count). The summed E-state index contributed by atoms with van der Waals surface area (Å²) in [6.07, 6.45) is 8.46. The van der Waals surface area contributed by atoms with Crippen molar-refractivity contribution in [2.45, 2.75) is 45.1 Å². The van der Waals surface area contributed by atoms with Crippen molar-refractivity contribution in [2.24, 2.45) is 5.92 Å². The van der Waals surface area contributed by atoms with Crippen molar-refractivity contribution in [1.82, 2.24) is 5.32 Å². The quantitative estimate of drug-likeness (QED) is 0.625. The number of halogens is 1. The fraction of sp³-hybridized carbons (Fsp3) is 0.429. The maximum Gasteiger partial charge on any atom is 0.131 e. The third-order valence-corrected chi connectivity index (χ3v) is 4.71. The maximum atomic E-state index is 6.02. The summed E-state index contributed by atoms with van der Waals surface area (Å²) in [5.74, 6) is 2.78. The van der Waals surface area contributed by atoms with Crippen LogP contribution in [0, 0.1) is 5.92 Å². The SMILES string of the molecule is Cl.c1ccc(Oc2ccccc2CNCCC2CCCCC2)cc1. The van der Waals surface area contributed by atoms with Crippen LogP contribution in [0.5, 0.6) is 11.5 Å². The van der Waals surface area contributed by atoms with Gasteiger partial charge in [0.2, 0.25) is 0 Å². The highest BCUT2D eigenvalue weighted by Gasteiger charge is 2.12. The third-order valence-electron chi connectivity index (χ3n) is 4.71. The molecule has 3 heteroatoms. The Bertz CT molecular complexity index is 581. The van der Waals surface area contributed by atoms with Crippen LogP contribution in [0.1, 0.15) is 44.1 Å². The number of para-hydroxylation sites is 2. The number of benzene rings is 2. The molecule has 24 heavy (non-hydrogen) atoms. The second-order valence-corrected chi connectivity index (χ2v) is 6.49. The molecule has 0 bridgehead atoms. The smallest absolute Gasteiger partial charge is 0.131 e. The second kappa shape index (κ2) is 10.4. The topological polar surface area (TPSA) is 21.3 Å². The molecular formula is C21H28ClNO. The molecule has 1 aliphatic rings. The average Bonchev–Trinajstić information content (AvgIpc) is 2.62. The first-order chi connectivity index (χ1) is 11.4. The fourth-order valence-corrected chi connectivity index (χ4v) is 3.37. The summed E-state index contributed by atoms with van der Waals surface area (Å²) in [5, 5.41) is 3.60. The predicted octanol–water partition coefficient (Wildman–Crippen LogP) is 5.96. The molecule has 2 aromatic carbocycles. The summed E-state index contributed by atoms with van der Waals surface area (Å²) in [4.78, 5) is 0. The Labute approximate surface area is 152 Å². The summed E-state index contributed by atoms with van der Waals surface area (Å²) < 4.78 is 6.02. The molecule has 0 aliphatic heterocycles. The van der Waals surface area contributed by atoms with E-state index in [9.17, 15) is 0 Å². The zero-order chi connectivity index (χ0) is 15.7. The van der Waals surface area contributed by atoms with E-state index in [-0.39, 0.29) is 12.4 Å². The highest BCUT2D eigenvalue weighted by atomic mass is 35.5. The third kappa shape index (κ3) is 5.85. The van der Waals surface area contributed by atoms with E-state index in [1.165, 1.54) is 44.1 Å². The van der Waals surface area contributed by atoms with Crippen molar-refractivity contribution in [2.75, 3.05) is 6.54 Å². The molecule has 1 aliphatic carbocycles. The molecule has 1 N–H and O–H groups in total. The Morgan fingerprint density at radius 2 is 1.58 bits per heavy atom. The van der Waals surface area contributed by atoms with Gasteiger partial charge in [0.15, 0.2) is 0 Å². The Morgan fingerprint density at radius 3 is 2.38 bits per heavy atom. The molecule has 0 saturated heterocycles. The molecule has 0 radical (unpaired) electrons. The van der Waals surface area contributed by atoms with Crippen LogP contribution < -0.4 is 10.1 Å². The van der Waals surface area contributed by atoms with Gasteiger partial charge in [0.05, 0.1) is 0 Å². The molecule has 0 atom stereocenters. The molecule has 0 heterocycles. The molecule has 0 spiro atoms. The summed E-state index contributed by atoms with van der Waals surface area (Å²) in [5.41, 5.74) is 1.22. The fourth-order valence-electron chi connectivity index (χ4n) is 3.37. The van der Waals surface area contributed by atoms with Gasteiger partial charge in [0.25, 0.3) is 0 Å². The van der Waals surface area contributed by atoms with Gasteiger partial charge >= 0.3 is 0 Å². The summed E-state index contributed by atoms with van der Waals surface area (Å²) in [7, 11) is 0. The van der Waals surface area contributed by atoms with Crippen LogP contribution in [0.3, 0.4) is 0 Å². The van der Waals surface area contributed by atoms with Gasteiger partial charge in [-0.25, -0.2) is 0 Å². The van der Waals surface area contributed by atoms with Gasteiger partial charge < -0.3 is 10.1 Å². The standard InChI is InChI=1S/C21H27NO.ClH/c1-3-9-18(10-4-1)15-16-22-17-19-11-7-8-14-21(19)23-20-12-5-2-6-13-20;/h2,5-8,11-14,18,22H,1,3-4,9-10,15-17H2;1H. The lowest BCUT2D eigenvalue weighted by molar-refractivity contribution is 0.333. The largest absolute Gasteiger partial charge is 0.457 e. The van der Waals surface area contributed by atoms with Gasteiger partial charge in [-0.2, -0.15) is 0 Å². The molecule has 2 aromatic rings. The molecule has 0 aromatic heterocycles. The highest BCUT2D eigenvalue weighted by Crippen LogP contribution is 2.27. The second-order valence-electron chi connectivity index (χ2n) is 6.49. The van der Waals surface area contributed by atoms with Gasteiger partial charge in [0, 0.05) is 12.1 Å². The van der Waals surface area contributed by atoms with Crippen LogP contribution in [0.2, 0.25) is 0 Å².